The molecule has 1 saturated heterocycles. The Hall–Kier alpha value is -1.50. The van der Waals surface area contributed by atoms with E-state index in [0.29, 0.717) is 30.7 Å². The third-order valence-corrected chi connectivity index (χ3v) is 5.37. The number of aliphatic hydroxyl groups is 1. The van der Waals surface area contributed by atoms with Crippen LogP contribution in [0.2, 0.25) is 0 Å². The first-order chi connectivity index (χ1) is 11.5. The molecule has 0 saturated carbocycles. The van der Waals surface area contributed by atoms with Crippen LogP contribution in [0.3, 0.4) is 0 Å². The zero-order valence-corrected chi connectivity index (χ0v) is 15.0. The maximum atomic E-state index is 12.7. The molecule has 0 atom stereocenters. The van der Waals surface area contributed by atoms with Crippen molar-refractivity contribution in [3.05, 3.63) is 35.6 Å². The Bertz CT molecular complexity index is 720. The number of carbonyl (C=O) groups excluding carboxylic acids is 1. The number of hydrogen-bond donors (Lipinski definition) is 2. The summed E-state index contributed by atoms with van der Waals surface area (Å²) in [6.07, 6.45) is 1.42. The summed E-state index contributed by atoms with van der Waals surface area (Å²) in [6.45, 7) is 0.894. The number of amides is 1. The lowest BCUT2D eigenvalue weighted by Gasteiger charge is -2.31. The third-order valence-electron chi connectivity index (χ3n) is 4.38. The van der Waals surface area contributed by atoms with E-state index in [1.54, 1.807) is 0 Å². The zero-order chi connectivity index (χ0) is 17.2. The number of rotatable bonds is 5. The van der Waals surface area contributed by atoms with Crippen LogP contribution in [-0.2, 0) is 6.54 Å². The van der Waals surface area contributed by atoms with Gasteiger partial charge in [-0.25, -0.2) is 0 Å². The zero-order valence-electron chi connectivity index (χ0n) is 14.2. The van der Waals surface area contributed by atoms with Crippen molar-refractivity contribution >= 4 is 28.6 Å². The van der Waals surface area contributed by atoms with Crippen molar-refractivity contribution in [2.75, 3.05) is 32.1 Å². The number of benzene rings is 1. The molecule has 1 aromatic heterocycles. The van der Waals surface area contributed by atoms with Gasteiger partial charge < -0.3 is 19.7 Å². The molecule has 0 bridgehead atoms. The fourth-order valence-corrected chi connectivity index (χ4v) is 4.26. The molecular formula is C18H24N2O3S. The highest BCUT2D eigenvalue weighted by Gasteiger charge is 2.31. The van der Waals surface area contributed by atoms with Gasteiger partial charge >= 0.3 is 0 Å². The van der Waals surface area contributed by atoms with E-state index in [4.69, 9.17) is 4.42 Å². The van der Waals surface area contributed by atoms with Crippen LogP contribution < -0.4 is 5.32 Å². The van der Waals surface area contributed by atoms with Crippen molar-refractivity contribution < 1.29 is 14.3 Å². The van der Waals surface area contributed by atoms with Crippen molar-refractivity contribution in [2.24, 2.45) is 0 Å². The smallest absolute Gasteiger partial charge is 0.287 e. The van der Waals surface area contributed by atoms with Gasteiger partial charge in [0.25, 0.3) is 5.91 Å². The molecule has 24 heavy (non-hydrogen) atoms. The number of hydrogen-bond acceptors (Lipinski definition) is 5. The van der Waals surface area contributed by atoms with Gasteiger partial charge in [0.05, 0.1) is 5.60 Å². The molecular weight excluding hydrogens is 324 g/mol. The Morgan fingerprint density at radius 3 is 2.75 bits per heavy atom. The number of para-hydroxylation sites is 1. The Kier molecular flexibility index (Phi) is 5.18. The van der Waals surface area contributed by atoms with Gasteiger partial charge in [-0.2, -0.15) is 11.8 Å². The first-order valence-electron chi connectivity index (χ1n) is 8.22. The summed E-state index contributed by atoms with van der Waals surface area (Å²) in [6, 6.07) is 7.69. The summed E-state index contributed by atoms with van der Waals surface area (Å²) in [4.78, 5) is 14.7. The predicted octanol–water partition coefficient (Wildman–Crippen LogP) is 2.48. The van der Waals surface area contributed by atoms with Crippen LogP contribution >= 0.6 is 11.8 Å². The highest BCUT2D eigenvalue weighted by molar-refractivity contribution is 7.99. The van der Waals surface area contributed by atoms with Gasteiger partial charge in [0, 0.05) is 24.0 Å². The SMILES string of the molecule is CN(C)Cc1c(C(=O)NCC2(O)CCSCC2)oc2ccccc12. The summed E-state index contributed by atoms with van der Waals surface area (Å²) < 4.78 is 5.81. The van der Waals surface area contributed by atoms with Crippen LogP contribution in [0, 0.1) is 0 Å². The molecule has 2 N–H and O–H groups in total. The van der Waals surface area contributed by atoms with Gasteiger partial charge in [0.1, 0.15) is 5.58 Å². The average Bonchev–Trinajstić information content (AvgIpc) is 2.92. The van der Waals surface area contributed by atoms with Crippen LogP contribution in [0.4, 0.5) is 0 Å². The fourth-order valence-electron chi connectivity index (χ4n) is 3.01. The van der Waals surface area contributed by atoms with E-state index >= 15 is 0 Å². The quantitative estimate of drug-likeness (QED) is 0.869. The largest absolute Gasteiger partial charge is 0.451 e. The second-order valence-corrected chi connectivity index (χ2v) is 7.89. The van der Waals surface area contributed by atoms with Crippen molar-refractivity contribution in [3.63, 3.8) is 0 Å². The van der Waals surface area contributed by atoms with E-state index < -0.39 is 5.60 Å². The summed E-state index contributed by atoms with van der Waals surface area (Å²) >= 11 is 1.84. The fraction of sp³-hybridized carbons (Fsp3) is 0.500. The standard InChI is InChI=1S/C18H24N2O3S/c1-20(2)11-14-13-5-3-4-6-15(13)23-16(14)17(21)19-12-18(22)7-9-24-10-8-18/h3-6,22H,7-12H2,1-2H3,(H,19,21). The van der Waals surface area contributed by atoms with Crippen LogP contribution in [-0.4, -0.2) is 53.7 Å². The molecule has 1 amide bonds. The van der Waals surface area contributed by atoms with Gasteiger partial charge in [0.2, 0.25) is 0 Å². The lowest BCUT2D eigenvalue weighted by atomic mass is 9.97. The molecule has 1 aliphatic rings. The van der Waals surface area contributed by atoms with Crippen molar-refractivity contribution in [1.82, 2.24) is 10.2 Å². The minimum atomic E-state index is -0.797. The summed E-state index contributed by atoms with van der Waals surface area (Å²) in [5.41, 5.74) is 0.806. The molecule has 3 rings (SSSR count). The van der Waals surface area contributed by atoms with E-state index in [1.807, 2.05) is 55.0 Å². The molecule has 0 aliphatic carbocycles. The second-order valence-electron chi connectivity index (χ2n) is 6.66. The van der Waals surface area contributed by atoms with Crippen LogP contribution in [0.1, 0.15) is 29.0 Å². The number of nitrogens with zero attached hydrogens (tertiary/aromatic N) is 1. The van der Waals surface area contributed by atoms with E-state index in [2.05, 4.69) is 5.32 Å². The number of carbonyl (C=O) groups is 1. The van der Waals surface area contributed by atoms with Crippen molar-refractivity contribution in [1.29, 1.82) is 0 Å². The number of fused-ring (bicyclic) bond motifs is 1. The lowest BCUT2D eigenvalue weighted by Crippen LogP contribution is -2.45. The minimum Gasteiger partial charge on any atom is -0.451 e. The number of nitrogens with one attached hydrogen (secondary N) is 1. The molecule has 1 aromatic carbocycles. The number of furan rings is 1. The van der Waals surface area contributed by atoms with E-state index in [9.17, 15) is 9.90 Å². The van der Waals surface area contributed by atoms with E-state index in [0.717, 1.165) is 22.5 Å². The van der Waals surface area contributed by atoms with Crippen molar-refractivity contribution in [2.45, 2.75) is 25.0 Å². The molecule has 0 spiro atoms. The molecule has 2 heterocycles. The Balaban J connectivity index is 1.81. The van der Waals surface area contributed by atoms with Crippen LogP contribution in [0.25, 0.3) is 11.0 Å². The molecule has 5 nitrogen and oxygen atoms in total. The monoisotopic (exact) mass is 348 g/mol. The van der Waals surface area contributed by atoms with Crippen LogP contribution in [0.15, 0.2) is 28.7 Å². The molecule has 1 aliphatic heterocycles. The Morgan fingerprint density at radius 2 is 2.04 bits per heavy atom. The Morgan fingerprint density at radius 1 is 1.33 bits per heavy atom. The maximum Gasteiger partial charge on any atom is 0.287 e. The molecule has 130 valence electrons. The van der Waals surface area contributed by atoms with Crippen LogP contribution in [0.5, 0.6) is 0 Å². The first-order valence-corrected chi connectivity index (χ1v) is 9.37. The predicted molar refractivity (Wildman–Crippen MR) is 97.4 cm³/mol. The molecule has 0 unspecified atom stereocenters. The normalized spacial score (nSPS) is 17.3. The summed E-state index contributed by atoms with van der Waals surface area (Å²) in [5, 5.41) is 14.4. The summed E-state index contributed by atoms with van der Waals surface area (Å²) in [7, 11) is 3.93. The Labute approximate surface area is 146 Å². The van der Waals surface area contributed by atoms with E-state index in [1.165, 1.54) is 0 Å². The maximum absolute atomic E-state index is 12.7. The third kappa shape index (κ3) is 3.77. The molecule has 0 radical (unpaired) electrons. The topological polar surface area (TPSA) is 65.7 Å². The van der Waals surface area contributed by atoms with E-state index in [-0.39, 0.29) is 12.5 Å². The number of thioether (sulfide) groups is 1. The summed E-state index contributed by atoms with van der Waals surface area (Å²) in [5.74, 6) is 1.96. The van der Waals surface area contributed by atoms with Crippen molar-refractivity contribution in [3.8, 4) is 0 Å². The molecule has 6 heteroatoms. The average molecular weight is 348 g/mol. The van der Waals surface area contributed by atoms with Gasteiger partial charge in [-0.1, -0.05) is 18.2 Å². The van der Waals surface area contributed by atoms with Gasteiger partial charge in [-0.3, -0.25) is 4.79 Å². The first kappa shape index (κ1) is 17.3. The minimum absolute atomic E-state index is 0.255. The van der Waals surface area contributed by atoms with Gasteiger partial charge in [-0.05, 0) is 44.5 Å². The lowest BCUT2D eigenvalue weighted by molar-refractivity contribution is 0.0307. The molecule has 1 fully saturated rings. The highest BCUT2D eigenvalue weighted by atomic mass is 32.2. The second kappa shape index (κ2) is 7.17. The van der Waals surface area contributed by atoms with Gasteiger partial charge in [0.15, 0.2) is 5.76 Å². The highest BCUT2D eigenvalue weighted by Crippen LogP contribution is 2.28. The van der Waals surface area contributed by atoms with Gasteiger partial charge in [-0.15, -0.1) is 0 Å². The molecule has 2 aromatic rings.